The Hall–Kier alpha value is 0.210. The average Bonchev–Trinajstić information content (AvgIpc) is 2.35. The average molecular weight is 354 g/mol. The van der Waals surface area contributed by atoms with Gasteiger partial charge in [-0.1, -0.05) is 43.7 Å². The molecule has 1 aromatic rings. The normalized spacial score (nSPS) is 18.9. The minimum Gasteiger partial charge on any atom is -0.207 e. The molecule has 1 atom stereocenters. The van der Waals surface area contributed by atoms with Crippen molar-refractivity contribution in [1.82, 2.24) is 0 Å². The van der Waals surface area contributed by atoms with Gasteiger partial charge in [0, 0.05) is 10.0 Å². The highest BCUT2D eigenvalue weighted by molar-refractivity contribution is 9.10. The van der Waals surface area contributed by atoms with Crippen molar-refractivity contribution in [3.05, 3.63) is 33.0 Å². The monoisotopic (exact) mass is 352 g/mol. The zero-order chi connectivity index (χ0) is 13.1. The Morgan fingerprint density at radius 1 is 1.28 bits per heavy atom. The first kappa shape index (κ1) is 14.6. The molecule has 100 valence electrons. The quantitative estimate of drug-likeness (QED) is 0.430. The minimum absolute atomic E-state index is 0.276. The largest absolute Gasteiger partial charge is 0.207 e. The second-order valence-corrected chi connectivity index (χ2v) is 6.78. The molecule has 1 aromatic carbocycles. The molecule has 0 aliphatic heterocycles. The Kier molecular flexibility index (Phi) is 5.35. The van der Waals surface area contributed by atoms with Gasteiger partial charge in [-0.25, -0.2) is 4.39 Å². The molecule has 0 bridgehead atoms. The van der Waals surface area contributed by atoms with Gasteiger partial charge in [0.2, 0.25) is 0 Å². The van der Waals surface area contributed by atoms with Crippen LogP contribution in [-0.2, 0) is 0 Å². The van der Waals surface area contributed by atoms with Crippen LogP contribution in [0.25, 0.3) is 0 Å². The molecule has 0 aromatic heterocycles. The summed E-state index contributed by atoms with van der Waals surface area (Å²) in [4.78, 5) is 0. The van der Waals surface area contributed by atoms with Crippen molar-refractivity contribution in [3.63, 3.8) is 0 Å². The lowest BCUT2D eigenvalue weighted by atomic mass is 9.85. The van der Waals surface area contributed by atoms with Crippen molar-refractivity contribution >= 4 is 39.1 Å². The van der Waals surface area contributed by atoms with Crippen molar-refractivity contribution in [2.24, 2.45) is 5.92 Å². The van der Waals surface area contributed by atoms with Gasteiger partial charge < -0.3 is 0 Å². The second-order valence-electron chi connectivity index (χ2n) is 5.00. The van der Waals surface area contributed by atoms with Crippen LogP contribution >= 0.6 is 39.1 Å². The second kappa shape index (κ2) is 6.58. The Bertz CT molecular complexity index is 417. The van der Waals surface area contributed by atoms with E-state index in [9.17, 15) is 4.39 Å². The smallest absolute Gasteiger partial charge is 0.129 e. The fraction of sp³-hybridized carbons (Fsp3) is 0.571. The van der Waals surface area contributed by atoms with Gasteiger partial charge in [-0.05, 0) is 40.4 Å². The molecule has 0 spiro atoms. The standard InChI is InChI=1S/C14H16BrCl2F/c15-11-8-14(18)10(7-13(11)17)12(16)6-9-4-2-1-3-5-9/h7-9,12H,1-6H2. The number of hydrogen-bond acceptors (Lipinski definition) is 0. The lowest BCUT2D eigenvalue weighted by molar-refractivity contribution is 0.334. The van der Waals surface area contributed by atoms with E-state index in [-0.39, 0.29) is 11.2 Å². The first-order valence-electron chi connectivity index (χ1n) is 6.36. The van der Waals surface area contributed by atoms with Crippen LogP contribution < -0.4 is 0 Å². The van der Waals surface area contributed by atoms with Crippen LogP contribution in [0.15, 0.2) is 16.6 Å². The molecule has 18 heavy (non-hydrogen) atoms. The molecule has 1 fully saturated rings. The fourth-order valence-corrected chi connectivity index (χ4v) is 3.53. The Labute approximate surface area is 126 Å². The summed E-state index contributed by atoms with van der Waals surface area (Å²) >= 11 is 15.6. The van der Waals surface area contributed by atoms with Crippen molar-refractivity contribution < 1.29 is 4.39 Å². The molecule has 0 saturated heterocycles. The van der Waals surface area contributed by atoms with E-state index in [1.807, 2.05) is 0 Å². The zero-order valence-electron chi connectivity index (χ0n) is 10.1. The predicted molar refractivity (Wildman–Crippen MR) is 78.9 cm³/mol. The highest BCUT2D eigenvalue weighted by atomic mass is 79.9. The topological polar surface area (TPSA) is 0 Å². The van der Waals surface area contributed by atoms with E-state index < -0.39 is 0 Å². The molecule has 0 heterocycles. The first-order valence-corrected chi connectivity index (χ1v) is 7.97. The van der Waals surface area contributed by atoms with Crippen LogP contribution in [0.3, 0.4) is 0 Å². The Morgan fingerprint density at radius 2 is 1.94 bits per heavy atom. The summed E-state index contributed by atoms with van der Waals surface area (Å²) < 4.78 is 14.4. The van der Waals surface area contributed by atoms with Crippen molar-refractivity contribution in [1.29, 1.82) is 0 Å². The van der Waals surface area contributed by atoms with Gasteiger partial charge in [-0.15, -0.1) is 11.6 Å². The Morgan fingerprint density at radius 3 is 2.61 bits per heavy atom. The van der Waals surface area contributed by atoms with E-state index in [4.69, 9.17) is 23.2 Å². The fourth-order valence-electron chi connectivity index (χ4n) is 2.62. The van der Waals surface area contributed by atoms with Crippen LogP contribution in [0.2, 0.25) is 5.02 Å². The molecule has 1 aliphatic carbocycles. The number of hydrogen-bond donors (Lipinski definition) is 0. The van der Waals surface area contributed by atoms with E-state index in [1.54, 1.807) is 6.07 Å². The SMILES string of the molecule is Fc1cc(Br)c(Cl)cc1C(Cl)CC1CCCCC1. The van der Waals surface area contributed by atoms with Gasteiger partial charge in [0.15, 0.2) is 0 Å². The molecular weight excluding hydrogens is 338 g/mol. The van der Waals surface area contributed by atoms with E-state index in [0.717, 1.165) is 6.42 Å². The molecule has 1 aliphatic rings. The lowest BCUT2D eigenvalue weighted by Crippen LogP contribution is -2.09. The maximum absolute atomic E-state index is 13.9. The van der Waals surface area contributed by atoms with Crippen LogP contribution in [0.5, 0.6) is 0 Å². The number of alkyl halides is 1. The third-order valence-electron chi connectivity index (χ3n) is 3.64. The molecule has 0 radical (unpaired) electrons. The van der Waals surface area contributed by atoms with Gasteiger partial charge in [-0.3, -0.25) is 0 Å². The van der Waals surface area contributed by atoms with E-state index >= 15 is 0 Å². The highest BCUT2D eigenvalue weighted by Gasteiger charge is 2.21. The molecule has 0 N–H and O–H groups in total. The number of halogens is 4. The predicted octanol–water partition coefficient (Wildman–Crippen LogP) is 6.49. The van der Waals surface area contributed by atoms with Crippen molar-refractivity contribution in [2.75, 3.05) is 0 Å². The molecule has 2 rings (SSSR count). The lowest BCUT2D eigenvalue weighted by Gasteiger charge is -2.24. The van der Waals surface area contributed by atoms with Crippen molar-refractivity contribution in [3.8, 4) is 0 Å². The van der Waals surface area contributed by atoms with E-state index in [2.05, 4.69) is 15.9 Å². The molecule has 4 heteroatoms. The maximum atomic E-state index is 13.9. The summed E-state index contributed by atoms with van der Waals surface area (Å²) in [6.45, 7) is 0. The minimum atomic E-state index is -0.279. The number of benzene rings is 1. The summed E-state index contributed by atoms with van der Waals surface area (Å²) in [6.07, 6.45) is 7.15. The Balaban J connectivity index is 2.08. The van der Waals surface area contributed by atoms with Gasteiger partial charge >= 0.3 is 0 Å². The molecule has 1 saturated carbocycles. The van der Waals surface area contributed by atoms with E-state index in [1.165, 1.54) is 38.2 Å². The van der Waals surface area contributed by atoms with Crippen LogP contribution in [0, 0.1) is 11.7 Å². The first-order chi connectivity index (χ1) is 8.58. The maximum Gasteiger partial charge on any atom is 0.129 e. The number of rotatable bonds is 3. The molecule has 1 unspecified atom stereocenters. The van der Waals surface area contributed by atoms with Crippen LogP contribution in [-0.4, -0.2) is 0 Å². The van der Waals surface area contributed by atoms with Crippen LogP contribution in [0.4, 0.5) is 4.39 Å². The summed E-state index contributed by atoms with van der Waals surface area (Å²) in [5.41, 5.74) is 0.524. The summed E-state index contributed by atoms with van der Waals surface area (Å²) in [5.74, 6) is 0.352. The van der Waals surface area contributed by atoms with E-state index in [0.29, 0.717) is 21.0 Å². The molecule has 0 nitrogen and oxygen atoms in total. The van der Waals surface area contributed by atoms with Crippen LogP contribution in [0.1, 0.15) is 49.5 Å². The molecule has 0 amide bonds. The van der Waals surface area contributed by atoms with Crippen molar-refractivity contribution in [2.45, 2.75) is 43.9 Å². The highest BCUT2D eigenvalue weighted by Crippen LogP contribution is 2.38. The third-order valence-corrected chi connectivity index (χ3v) is 5.25. The van der Waals surface area contributed by atoms with Gasteiger partial charge in [0.05, 0.1) is 10.4 Å². The summed E-state index contributed by atoms with van der Waals surface area (Å²) in [7, 11) is 0. The third kappa shape index (κ3) is 3.61. The van der Waals surface area contributed by atoms with Gasteiger partial charge in [0.25, 0.3) is 0 Å². The zero-order valence-corrected chi connectivity index (χ0v) is 13.2. The summed E-state index contributed by atoms with van der Waals surface area (Å²) in [6, 6.07) is 3.04. The molecular formula is C14H16BrCl2F. The summed E-state index contributed by atoms with van der Waals surface area (Å²) in [5, 5.41) is 0.236. The van der Waals surface area contributed by atoms with Gasteiger partial charge in [-0.2, -0.15) is 0 Å². The van der Waals surface area contributed by atoms with Gasteiger partial charge in [0.1, 0.15) is 5.82 Å².